The average molecular weight is 259 g/mol. The van der Waals surface area contributed by atoms with Crippen molar-refractivity contribution in [2.24, 2.45) is 21.5 Å². The number of rotatable bonds is 1. The maximum atomic E-state index is 5.94. The van der Waals surface area contributed by atoms with Crippen LogP contribution in [0.5, 0.6) is 0 Å². The van der Waals surface area contributed by atoms with Crippen molar-refractivity contribution in [3.05, 3.63) is 29.8 Å². The minimum atomic E-state index is 0.201. The summed E-state index contributed by atoms with van der Waals surface area (Å²) in [5, 5.41) is 0. The number of aryl methyl sites for hydroxylation is 1. The van der Waals surface area contributed by atoms with Gasteiger partial charge in [0.15, 0.2) is 5.96 Å². The zero-order valence-corrected chi connectivity index (χ0v) is 11.3. The first-order valence-electron chi connectivity index (χ1n) is 6.65. The number of nitrogens with two attached hydrogens (primary N) is 2. The fourth-order valence-corrected chi connectivity index (χ4v) is 2.09. The molecule has 1 aliphatic heterocycles. The average Bonchev–Trinajstić information content (AvgIpc) is 2.42. The number of benzene rings is 1. The van der Waals surface area contributed by atoms with Crippen LogP contribution in [0.2, 0.25) is 0 Å². The molecule has 0 aromatic heterocycles. The highest BCUT2D eigenvalue weighted by Crippen LogP contribution is 2.12. The summed E-state index contributed by atoms with van der Waals surface area (Å²) in [5.41, 5.74) is 13.7. The van der Waals surface area contributed by atoms with Gasteiger partial charge in [0.05, 0.1) is 5.69 Å². The zero-order chi connectivity index (χ0) is 13.7. The van der Waals surface area contributed by atoms with Gasteiger partial charge < -0.3 is 16.4 Å². The van der Waals surface area contributed by atoms with Gasteiger partial charge in [-0.05, 0) is 38.3 Å². The normalized spacial score (nSPS) is 17.6. The summed E-state index contributed by atoms with van der Waals surface area (Å²) in [5.74, 6) is 0.667. The van der Waals surface area contributed by atoms with Gasteiger partial charge >= 0.3 is 0 Å². The summed E-state index contributed by atoms with van der Waals surface area (Å²) < 4.78 is 0. The molecule has 4 N–H and O–H groups in total. The summed E-state index contributed by atoms with van der Waals surface area (Å²) in [6.45, 7) is 3.93. The molecule has 102 valence electrons. The van der Waals surface area contributed by atoms with Gasteiger partial charge in [-0.1, -0.05) is 17.7 Å². The van der Waals surface area contributed by atoms with Crippen molar-refractivity contribution < 1.29 is 0 Å². The third-order valence-corrected chi connectivity index (χ3v) is 3.19. The molecular weight excluding hydrogens is 238 g/mol. The van der Waals surface area contributed by atoms with Gasteiger partial charge in [-0.25, -0.2) is 4.99 Å². The third-order valence-electron chi connectivity index (χ3n) is 3.19. The lowest BCUT2D eigenvalue weighted by Crippen LogP contribution is -2.41. The fourth-order valence-electron chi connectivity index (χ4n) is 2.09. The van der Waals surface area contributed by atoms with Crippen LogP contribution in [-0.2, 0) is 0 Å². The Balaban J connectivity index is 2.05. The second kappa shape index (κ2) is 6.22. The van der Waals surface area contributed by atoms with E-state index in [1.807, 2.05) is 31.2 Å². The Labute approximate surface area is 114 Å². The summed E-state index contributed by atoms with van der Waals surface area (Å²) in [7, 11) is 0. The Kier molecular flexibility index (Phi) is 4.39. The van der Waals surface area contributed by atoms with Crippen molar-refractivity contribution in [1.82, 2.24) is 4.90 Å². The highest BCUT2D eigenvalue weighted by atomic mass is 15.3. The predicted molar refractivity (Wildman–Crippen MR) is 79.5 cm³/mol. The topological polar surface area (TPSA) is 80.0 Å². The molecule has 1 heterocycles. The van der Waals surface area contributed by atoms with Crippen LogP contribution >= 0.6 is 0 Å². The Morgan fingerprint density at radius 2 is 1.68 bits per heavy atom. The van der Waals surface area contributed by atoms with E-state index in [2.05, 4.69) is 14.9 Å². The van der Waals surface area contributed by atoms with Gasteiger partial charge in [-0.2, -0.15) is 4.99 Å². The molecule has 1 saturated heterocycles. The maximum absolute atomic E-state index is 5.94. The number of piperidine rings is 1. The number of likely N-dealkylation sites (tertiary alicyclic amines) is 1. The monoisotopic (exact) mass is 259 g/mol. The Morgan fingerprint density at radius 1 is 1.05 bits per heavy atom. The Hall–Kier alpha value is -2.04. The highest BCUT2D eigenvalue weighted by molar-refractivity contribution is 5.94. The lowest BCUT2D eigenvalue weighted by Gasteiger charge is -2.27. The van der Waals surface area contributed by atoms with Crippen LogP contribution in [0.25, 0.3) is 0 Å². The Morgan fingerprint density at radius 3 is 2.32 bits per heavy atom. The van der Waals surface area contributed by atoms with E-state index in [1.165, 1.54) is 12.0 Å². The maximum Gasteiger partial charge on any atom is 0.223 e. The van der Waals surface area contributed by atoms with Crippen LogP contribution in [0.3, 0.4) is 0 Å². The number of guanidine groups is 2. The summed E-state index contributed by atoms with van der Waals surface area (Å²) in [4.78, 5) is 10.5. The third kappa shape index (κ3) is 3.98. The Bertz CT molecular complexity index is 469. The standard InChI is InChI=1S/C14H21N5/c1-11-5-7-12(8-6-11)17-13(15)18-14(16)19-9-3-2-4-10-19/h5-8H,2-4,9-10H2,1H3,(H4,15,16,17,18). The van der Waals surface area contributed by atoms with Gasteiger partial charge in [0, 0.05) is 13.1 Å². The molecule has 0 bridgehead atoms. The van der Waals surface area contributed by atoms with Crippen LogP contribution in [-0.4, -0.2) is 29.9 Å². The van der Waals surface area contributed by atoms with Crippen molar-refractivity contribution in [1.29, 1.82) is 0 Å². The van der Waals surface area contributed by atoms with E-state index in [-0.39, 0.29) is 5.96 Å². The molecule has 0 atom stereocenters. The predicted octanol–water partition coefficient (Wildman–Crippen LogP) is 1.74. The van der Waals surface area contributed by atoms with Crippen molar-refractivity contribution in [3.63, 3.8) is 0 Å². The van der Waals surface area contributed by atoms with E-state index < -0.39 is 0 Å². The van der Waals surface area contributed by atoms with Gasteiger partial charge in [-0.15, -0.1) is 0 Å². The van der Waals surface area contributed by atoms with E-state index >= 15 is 0 Å². The summed E-state index contributed by atoms with van der Waals surface area (Å²) in [6, 6.07) is 7.80. The van der Waals surface area contributed by atoms with Crippen LogP contribution in [0.1, 0.15) is 24.8 Å². The molecule has 5 heteroatoms. The van der Waals surface area contributed by atoms with E-state index in [0.29, 0.717) is 5.96 Å². The van der Waals surface area contributed by atoms with Gasteiger partial charge in [-0.3, -0.25) is 0 Å². The molecule has 0 saturated carbocycles. The van der Waals surface area contributed by atoms with Gasteiger partial charge in [0.2, 0.25) is 5.96 Å². The number of nitrogens with zero attached hydrogens (tertiary/aromatic N) is 3. The number of hydrogen-bond acceptors (Lipinski definition) is 1. The lowest BCUT2D eigenvalue weighted by atomic mass is 10.1. The molecule has 1 aromatic rings. The highest BCUT2D eigenvalue weighted by Gasteiger charge is 2.12. The smallest absolute Gasteiger partial charge is 0.223 e. The minimum Gasteiger partial charge on any atom is -0.369 e. The first-order valence-corrected chi connectivity index (χ1v) is 6.65. The van der Waals surface area contributed by atoms with E-state index in [9.17, 15) is 0 Å². The molecule has 1 aromatic carbocycles. The first-order chi connectivity index (χ1) is 9.15. The first kappa shape index (κ1) is 13.4. The molecule has 2 rings (SSSR count). The van der Waals surface area contributed by atoms with E-state index in [1.54, 1.807) is 0 Å². The molecule has 1 aliphatic rings. The van der Waals surface area contributed by atoms with Crippen LogP contribution < -0.4 is 11.5 Å². The van der Waals surface area contributed by atoms with Gasteiger partial charge in [0.1, 0.15) is 0 Å². The molecule has 0 unspecified atom stereocenters. The van der Waals surface area contributed by atoms with Crippen molar-refractivity contribution in [3.8, 4) is 0 Å². The van der Waals surface area contributed by atoms with Crippen molar-refractivity contribution in [2.45, 2.75) is 26.2 Å². The second-order valence-electron chi connectivity index (χ2n) is 4.82. The van der Waals surface area contributed by atoms with E-state index in [4.69, 9.17) is 11.5 Å². The molecule has 0 spiro atoms. The van der Waals surface area contributed by atoms with Crippen LogP contribution in [0.15, 0.2) is 34.3 Å². The van der Waals surface area contributed by atoms with E-state index in [0.717, 1.165) is 31.6 Å². The molecule has 1 fully saturated rings. The zero-order valence-electron chi connectivity index (χ0n) is 11.3. The van der Waals surface area contributed by atoms with Crippen molar-refractivity contribution in [2.75, 3.05) is 13.1 Å². The SMILES string of the molecule is Cc1ccc(N=C(N)/N=C(\N)N2CCCCC2)cc1. The molecule has 0 amide bonds. The molecule has 0 aliphatic carbocycles. The quantitative estimate of drug-likeness (QED) is 0.595. The molecular formula is C14H21N5. The summed E-state index contributed by atoms with van der Waals surface area (Å²) in [6.07, 6.45) is 3.58. The largest absolute Gasteiger partial charge is 0.369 e. The number of aliphatic imine (C=N–C) groups is 2. The van der Waals surface area contributed by atoms with Crippen LogP contribution in [0.4, 0.5) is 5.69 Å². The molecule has 19 heavy (non-hydrogen) atoms. The summed E-state index contributed by atoms with van der Waals surface area (Å²) >= 11 is 0. The fraction of sp³-hybridized carbons (Fsp3) is 0.429. The molecule has 5 nitrogen and oxygen atoms in total. The van der Waals surface area contributed by atoms with Crippen molar-refractivity contribution >= 4 is 17.6 Å². The minimum absolute atomic E-state index is 0.201. The second-order valence-corrected chi connectivity index (χ2v) is 4.82. The number of hydrogen-bond donors (Lipinski definition) is 2. The van der Waals surface area contributed by atoms with Crippen LogP contribution in [0, 0.1) is 6.92 Å². The van der Waals surface area contributed by atoms with Gasteiger partial charge in [0.25, 0.3) is 0 Å². The molecule has 0 radical (unpaired) electrons. The lowest BCUT2D eigenvalue weighted by molar-refractivity contribution is 0.339.